The van der Waals surface area contributed by atoms with Crippen LogP contribution in [0.5, 0.6) is 5.75 Å². The number of carbonyl (C=O) groups excluding carboxylic acids is 1. The average molecular weight is 277 g/mol. The summed E-state index contributed by atoms with van der Waals surface area (Å²) in [5.41, 5.74) is 0.437. The van der Waals surface area contributed by atoms with Crippen LogP contribution >= 0.6 is 0 Å². The second kappa shape index (κ2) is 5.83. The van der Waals surface area contributed by atoms with E-state index in [-0.39, 0.29) is 12.5 Å². The van der Waals surface area contributed by atoms with Gasteiger partial charge in [-0.15, -0.1) is 0 Å². The number of hydrogen-bond acceptors (Lipinski definition) is 3. The van der Waals surface area contributed by atoms with Gasteiger partial charge in [0.25, 0.3) is 5.91 Å². The van der Waals surface area contributed by atoms with Gasteiger partial charge in [0.15, 0.2) is 6.61 Å². The molecule has 0 bridgehead atoms. The van der Waals surface area contributed by atoms with Gasteiger partial charge in [-0.1, -0.05) is 26.0 Å². The summed E-state index contributed by atoms with van der Waals surface area (Å²) in [6.07, 6.45) is 0.627. The average Bonchev–Trinajstić information content (AvgIpc) is 2.77. The maximum Gasteiger partial charge on any atom is 0.260 e. The number of aliphatic hydroxyl groups is 1. The summed E-state index contributed by atoms with van der Waals surface area (Å²) < 4.78 is 5.57. The van der Waals surface area contributed by atoms with Crippen LogP contribution in [0, 0.1) is 0 Å². The highest BCUT2D eigenvalue weighted by Crippen LogP contribution is 2.22. The van der Waals surface area contributed by atoms with E-state index in [2.05, 4.69) is 19.9 Å². The van der Waals surface area contributed by atoms with Crippen molar-refractivity contribution in [3.8, 4) is 5.75 Å². The Morgan fingerprint density at radius 2 is 2.25 bits per heavy atom. The first kappa shape index (κ1) is 14.9. The first-order valence-corrected chi connectivity index (χ1v) is 7.10. The SMILES string of the molecule is CC(C)c1cccc(OCC(=O)N2CCC(C)(O)C2)c1. The van der Waals surface area contributed by atoms with Gasteiger partial charge in [-0.25, -0.2) is 0 Å². The minimum Gasteiger partial charge on any atom is -0.484 e. The van der Waals surface area contributed by atoms with Crippen molar-refractivity contribution in [2.75, 3.05) is 19.7 Å². The Hall–Kier alpha value is -1.55. The Morgan fingerprint density at radius 3 is 2.85 bits per heavy atom. The topological polar surface area (TPSA) is 49.8 Å². The van der Waals surface area contributed by atoms with E-state index in [0.29, 0.717) is 25.4 Å². The van der Waals surface area contributed by atoms with Gasteiger partial charge >= 0.3 is 0 Å². The largest absolute Gasteiger partial charge is 0.484 e. The highest BCUT2D eigenvalue weighted by atomic mass is 16.5. The standard InChI is InChI=1S/C16H23NO3/c1-12(2)13-5-4-6-14(9-13)20-10-15(18)17-8-7-16(3,19)11-17/h4-6,9,12,19H,7-8,10-11H2,1-3H3. The van der Waals surface area contributed by atoms with Crippen LogP contribution in [0.3, 0.4) is 0 Å². The molecule has 110 valence electrons. The number of nitrogens with zero attached hydrogens (tertiary/aromatic N) is 1. The highest BCUT2D eigenvalue weighted by molar-refractivity contribution is 5.78. The molecule has 1 aliphatic heterocycles. The van der Waals surface area contributed by atoms with Gasteiger partial charge in [-0.3, -0.25) is 4.79 Å². The lowest BCUT2D eigenvalue weighted by Crippen LogP contribution is -2.36. The molecular weight excluding hydrogens is 254 g/mol. The Labute approximate surface area is 120 Å². The molecule has 0 radical (unpaired) electrons. The van der Waals surface area contributed by atoms with Crippen molar-refractivity contribution in [3.05, 3.63) is 29.8 Å². The Morgan fingerprint density at radius 1 is 1.50 bits per heavy atom. The number of benzene rings is 1. The van der Waals surface area contributed by atoms with Gasteiger partial charge < -0.3 is 14.7 Å². The van der Waals surface area contributed by atoms with Gasteiger partial charge in [-0.05, 0) is 37.0 Å². The van der Waals surface area contributed by atoms with E-state index >= 15 is 0 Å². The maximum absolute atomic E-state index is 12.0. The zero-order chi connectivity index (χ0) is 14.8. The molecule has 1 heterocycles. The first-order chi connectivity index (χ1) is 9.37. The van der Waals surface area contributed by atoms with Crippen LogP contribution < -0.4 is 4.74 Å². The molecule has 4 nitrogen and oxygen atoms in total. The molecule has 1 N–H and O–H groups in total. The zero-order valence-electron chi connectivity index (χ0n) is 12.4. The fourth-order valence-corrected chi connectivity index (χ4v) is 2.36. The Bertz CT molecular complexity index is 482. The molecule has 0 saturated carbocycles. The predicted molar refractivity (Wildman–Crippen MR) is 77.8 cm³/mol. The molecule has 1 saturated heterocycles. The van der Waals surface area contributed by atoms with Gasteiger partial charge in [0.05, 0.1) is 5.60 Å². The molecule has 1 aromatic carbocycles. The number of ether oxygens (including phenoxy) is 1. The molecule has 2 rings (SSSR count). The van der Waals surface area contributed by atoms with E-state index < -0.39 is 5.60 Å². The van der Waals surface area contributed by atoms with E-state index in [9.17, 15) is 9.90 Å². The third kappa shape index (κ3) is 3.73. The molecule has 1 amide bonds. The Kier molecular flexibility index (Phi) is 4.33. The van der Waals surface area contributed by atoms with E-state index in [4.69, 9.17) is 4.74 Å². The summed E-state index contributed by atoms with van der Waals surface area (Å²) in [5.74, 6) is 1.08. The lowest BCUT2D eigenvalue weighted by Gasteiger charge is -2.19. The van der Waals surface area contributed by atoms with Crippen molar-refractivity contribution < 1.29 is 14.6 Å². The molecule has 20 heavy (non-hydrogen) atoms. The maximum atomic E-state index is 12.0. The zero-order valence-corrected chi connectivity index (χ0v) is 12.4. The molecule has 1 aliphatic rings. The molecule has 1 unspecified atom stereocenters. The highest BCUT2D eigenvalue weighted by Gasteiger charge is 2.33. The predicted octanol–water partition coefficient (Wildman–Crippen LogP) is 2.17. The molecule has 1 aromatic rings. The molecule has 0 spiro atoms. The second-order valence-electron chi connectivity index (χ2n) is 6.08. The van der Waals surface area contributed by atoms with E-state index in [1.807, 2.05) is 18.2 Å². The van der Waals surface area contributed by atoms with Crippen LogP contribution in [-0.2, 0) is 4.79 Å². The monoisotopic (exact) mass is 277 g/mol. The minimum absolute atomic E-state index is 0.0254. The Balaban J connectivity index is 1.89. The fourth-order valence-electron chi connectivity index (χ4n) is 2.36. The van der Waals surface area contributed by atoms with Crippen LogP contribution in [0.25, 0.3) is 0 Å². The number of rotatable bonds is 4. The van der Waals surface area contributed by atoms with Crippen molar-refractivity contribution in [3.63, 3.8) is 0 Å². The van der Waals surface area contributed by atoms with Crippen LogP contribution in [0.2, 0.25) is 0 Å². The number of carbonyl (C=O) groups is 1. The number of hydrogen-bond donors (Lipinski definition) is 1. The van der Waals surface area contributed by atoms with Crippen molar-refractivity contribution in [1.29, 1.82) is 0 Å². The first-order valence-electron chi connectivity index (χ1n) is 7.10. The summed E-state index contributed by atoms with van der Waals surface area (Å²) >= 11 is 0. The third-order valence-corrected chi connectivity index (χ3v) is 3.69. The molecule has 1 atom stereocenters. The van der Waals surface area contributed by atoms with Crippen molar-refractivity contribution >= 4 is 5.91 Å². The second-order valence-corrected chi connectivity index (χ2v) is 6.08. The lowest BCUT2D eigenvalue weighted by molar-refractivity contribution is -0.133. The van der Waals surface area contributed by atoms with Crippen LogP contribution in [-0.4, -0.2) is 41.2 Å². The molecular formula is C16H23NO3. The van der Waals surface area contributed by atoms with E-state index in [0.717, 1.165) is 5.75 Å². The van der Waals surface area contributed by atoms with Gasteiger partial charge in [0, 0.05) is 13.1 Å². The van der Waals surface area contributed by atoms with Crippen LogP contribution in [0.15, 0.2) is 24.3 Å². The molecule has 0 aliphatic carbocycles. The van der Waals surface area contributed by atoms with Gasteiger partial charge in [-0.2, -0.15) is 0 Å². The normalized spacial score (nSPS) is 22.4. The van der Waals surface area contributed by atoms with Crippen molar-refractivity contribution in [1.82, 2.24) is 4.90 Å². The number of amides is 1. The molecule has 4 heteroatoms. The quantitative estimate of drug-likeness (QED) is 0.917. The lowest BCUT2D eigenvalue weighted by atomic mass is 10.0. The smallest absolute Gasteiger partial charge is 0.260 e. The number of likely N-dealkylation sites (tertiary alicyclic amines) is 1. The van der Waals surface area contributed by atoms with E-state index in [1.54, 1.807) is 11.8 Å². The van der Waals surface area contributed by atoms with Crippen molar-refractivity contribution in [2.45, 2.75) is 38.7 Å². The summed E-state index contributed by atoms with van der Waals surface area (Å²) in [6.45, 7) is 7.01. The van der Waals surface area contributed by atoms with Crippen LogP contribution in [0.4, 0.5) is 0 Å². The van der Waals surface area contributed by atoms with E-state index in [1.165, 1.54) is 5.56 Å². The summed E-state index contributed by atoms with van der Waals surface area (Å²) in [6, 6.07) is 7.82. The van der Waals surface area contributed by atoms with Crippen molar-refractivity contribution in [2.24, 2.45) is 0 Å². The summed E-state index contributed by atoms with van der Waals surface area (Å²) in [4.78, 5) is 13.7. The summed E-state index contributed by atoms with van der Waals surface area (Å²) in [5, 5.41) is 9.86. The fraction of sp³-hybridized carbons (Fsp3) is 0.562. The summed E-state index contributed by atoms with van der Waals surface area (Å²) in [7, 11) is 0. The molecule has 1 fully saturated rings. The van der Waals surface area contributed by atoms with Gasteiger partial charge in [0.1, 0.15) is 5.75 Å². The minimum atomic E-state index is -0.757. The third-order valence-electron chi connectivity index (χ3n) is 3.69. The van der Waals surface area contributed by atoms with Crippen LogP contribution in [0.1, 0.15) is 38.7 Å². The molecule has 0 aromatic heterocycles. The number of β-amino-alcohol motifs (C(OH)–C–C–N with tert-alkyl or cyclic N) is 1. The van der Waals surface area contributed by atoms with Gasteiger partial charge in [0.2, 0.25) is 0 Å².